The lowest BCUT2D eigenvalue weighted by atomic mass is 10.1. The minimum Gasteiger partial charge on any atom is -0.352 e. The topological polar surface area (TPSA) is 66.5 Å². The molecule has 106 valence electrons. The maximum Gasteiger partial charge on any atom is 0.300 e. The van der Waals surface area contributed by atoms with Gasteiger partial charge in [0.1, 0.15) is 12.4 Å². The summed E-state index contributed by atoms with van der Waals surface area (Å²) in [5.74, 6) is -2.75. The van der Waals surface area contributed by atoms with Gasteiger partial charge in [-0.05, 0) is 25.5 Å². The smallest absolute Gasteiger partial charge is 0.300 e. The Kier molecular flexibility index (Phi) is 3.83. The van der Waals surface area contributed by atoms with Crippen LogP contribution in [0.25, 0.3) is 0 Å². The number of anilines is 1. The van der Waals surface area contributed by atoms with Gasteiger partial charge >= 0.3 is 0 Å². The number of nitrogens with zero attached hydrogens (tertiary/aromatic N) is 1. The quantitative estimate of drug-likeness (QED) is 0.843. The number of amides is 2. The summed E-state index contributed by atoms with van der Waals surface area (Å²) in [6.07, 6.45) is 0.740. The summed E-state index contributed by atoms with van der Waals surface area (Å²) in [7, 11) is 0. The first kappa shape index (κ1) is 14.2. The number of hydrogen-bond acceptors (Lipinski definition) is 3. The highest BCUT2D eigenvalue weighted by molar-refractivity contribution is 6.52. The lowest BCUT2D eigenvalue weighted by Gasteiger charge is -2.18. The van der Waals surface area contributed by atoms with E-state index in [4.69, 9.17) is 0 Å². The molecule has 0 saturated carbocycles. The number of carbonyl (C=O) groups excluding carboxylic acids is 3. The zero-order valence-corrected chi connectivity index (χ0v) is 11.3. The van der Waals surface area contributed by atoms with Crippen molar-refractivity contribution in [2.24, 2.45) is 0 Å². The van der Waals surface area contributed by atoms with Gasteiger partial charge in [0.25, 0.3) is 11.7 Å². The predicted molar refractivity (Wildman–Crippen MR) is 71.0 cm³/mol. The standard InChI is InChI=1S/C14H15FN2O3/c1-3-8(2)16-11(18)7-17-12-9(13(19)14(17)20)5-4-6-10(12)15/h4-6,8H,3,7H2,1-2H3,(H,16,18). The number of hydrogen-bond donors (Lipinski definition) is 1. The van der Waals surface area contributed by atoms with Crippen LogP contribution in [0.15, 0.2) is 18.2 Å². The molecule has 1 aromatic rings. The van der Waals surface area contributed by atoms with Crippen molar-refractivity contribution in [2.75, 3.05) is 11.4 Å². The van der Waals surface area contributed by atoms with Gasteiger partial charge < -0.3 is 5.32 Å². The first-order valence-corrected chi connectivity index (χ1v) is 6.39. The zero-order valence-electron chi connectivity index (χ0n) is 11.3. The van der Waals surface area contributed by atoms with Crippen molar-refractivity contribution in [2.45, 2.75) is 26.3 Å². The highest BCUT2D eigenvalue weighted by atomic mass is 19.1. The Morgan fingerprint density at radius 1 is 1.40 bits per heavy atom. The van der Waals surface area contributed by atoms with Gasteiger partial charge in [-0.2, -0.15) is 0 Å². The fraction of sp³-hybridized carbons (Fsp3) is 0.357. The Balaban J connectivity index is 2.24. The summed E-state index contributed by atoms with van der Waals surface area (Å²) in [4.78, 5) is 36.3. The van der Waals surface area contributed by atoms with E-state index in [1.165, 1.54) is 12.1 Å². The lowest BCUT2D eigenvalue weighted by Crippen LogP contribution is -2.43. The summed E-state index contributed by atoms with van der Waals surface area (Å²) in [6, 6.07) is 3.86. The van der Waals surface area contributed by atoms with Crippen LogP contribution >= 0.6 is 0 Å². The molecule has 5 nitrogen and oxygen atoms in total. The van der Waals surface area contributed by atoms with E-state index >= 15 is 0 Å². The number of nitrogens with one attached hydrogen (secondary N) is 1. The third kappa shape index (κ3) is 2.41. The molecule has 1 aliphatic rings. The van der Waals surface area contributed by atoms with Crippen LogP contribution in [-0.2, 0) is 9.59 Å². The van der Waals surface area contributed by atoms with Crippen LogP contribution in [0.3, 0.4) is 0 Å². The van der Waals surface area contributed by atoms with Crippen LogP contribution in [0, 0.1) is 5.82 Å². The minimum atomic E-state index is -0.871. The van der Waals surface area contributed by atoms with E-state index in [-0.39, 0.29) is 23.8 Å². The molecular formula is C14H15FN2O3. The van der Waals surface area contributed by atoms with Gasteiger partial charge in [-0.15, -0.1) is 0 Å². The van der Waals surface area contributed by atoms with E-state index in [1.54, 1.807) is 0 Å². The number of ketones is 1. The minimum absolute atomic E-state index is 0.00587. The van der Waals surface area contributed by atoms with Gasteiger partial charge in [-0.25, -0.2) is 4.39 Å². The van der Waals surface area contributed by atoms with Gasteiger partial charge in [0.05, 0.1) is 11.3 Å². The fourth-order valence-electron chi connectivity index (χ4n) is 2.03. The Morgan fingerprint density at radius 3 is 2.75 bits per heavy atom. The normalized spacial score (nSPS) is 15.2. The monoisotopic (exact) mass is 278 g/mol. The number of benzene rings is 1. The van der Waals surface area contributed by atoms with Crippen LogP contribution < -0.4 is 10.2 Å². The van der Waals surface area contributed by atoms with Gasteiger partial charge in [0.2, 0.25) is 5.91 Å². The van der Waals surface area contributed by atoms with E-state index in [2.05, 4.69) is 5.32 Å². The molecule has 1 aromatic carbocycles. The highest BCUT2D eigenvalue weighted by Gasteiger charge is 2.38. The molecule has 0 saturated heterocycles. The number of halogens is 1. The van der Waals surface area contributed by atoms with E-state index in [0.717, 1.165) is 17.4 Å². The molecule has 1 aliphatic heterocycles. The van der Waals surface area contributed by atoms with Crippen LogP contribution in [-0.4, -0.2) is 30.2 Å². The van der Waals surface area contributed by atoms with Crippen molar-refractivity contribution < 1.29 is 18.8 Å². The lowest BCUT2D eigenvalue weighted by molar-refractivity contribution is -0.122. The third-order valence-corrected chi connectivity index (χ3v) is 3.26. The van der Waals surface area contributed by atoms with E-state index in [1.807, 2.05) is 13.8 Å². The van der Waals surface area contributed by atoms with Gasteiger partial charge in [0, 0.05) is 6.04 Å². The van der Waals surface area contributed by atoms with E-state index in [9.17, 15) is 18.8 Å². The summed E-state index contributed by atoms with van der Waals surface area (Å²) in [5, 5.41) is 2.68. The second-order valence-corrected chi connectivity index (χ2v) is 4.73. The molecule has 0 fully saturated rings. The third-order valence-electron chi connectivity index (χ3n) is 3.26. The molecule has 0 bridgehead atoms. The van der Waals surface area contributed by atoms with E-state index < -0.39 is 23.4 Å². The molecule has 2 rings (SSSR count). The highest BCUT2D eigenvalue weighted by Crippen LogP contribution is 2.31. The van der Waals surface area contributed by atoms with Gasteiger partial charge in [-0.1, -0.05) is 13.0 Å². The summed E-state index contributed by atoms with van der Waals surface area (Å²) in [5.41, 5.74) is -0.104. The van der Waals surface area contributed by atoms with Crippen LogP contribution in [0.4, 0.5) is 10.1 Å². The molecular weight excluding hydrogens is 263 g/mol. The number of rotatable bonds is 4. The second kappa shape index (κ2) is 5.40. The first-order chi connectivity index (χ1) is 9.45. The summed E-state index contributed by atoms with van der Waals surface area (Å²) in [6.45, 7) is 3.37. The average Bonchev–Trinajstić information content (AvgIpc) is 2.65. The van der Waals surface area contributed by atoms with Crippen LogP contribution in [0.1, 0.15) is 30.6 Å². The van der Waals surface area contributed by atoms with Crippen LogP contribution in [0.5, 0.6) is 0 Å². The maximum atomic E-state index is 13.8. The Labute approximate surface area is 115 Å². The number of Topliss-reactive ketones (excluding diaryl/α,β-unsaturated/α-hetero) is 1. The number of para-hydroxylation sites is 1. The SMILES string of the molecule is CCC(C)NC(=O)CN1C(=O)C(=O)c2cccc(F)c21. The summed E-state index contributed by atoms with van der Waals surface area (Å²) >= 11 is 0. The van der Waals surface area contributed by atoms with E-state index in [0.29, 0.717) is 0 Å². The zero-order chi connectivity index (χ0) is 14.9. The fourth-order valence-corrected chi connectivity index (χ4v) is 2.03. The van der Waals surface area contributed by atoms with Crippen molar-refractivity contribution in [3.8, 4) is 0 Å². The van der Waals surface area contributed by atoms with Crippen molar-refractivity contribution in [3.05, 3.63) is 29.6 Å². The molecule has 0 radical (unpaired) electrons. The van der Waals surface area contributed by atoms with Gasteiger partial charge in [-0.3, -0.25) is 19.3 Å². The van der Waals surface area contributed by atoms with Crippen molar-refractivity contribution in [3.63, 3.8) is 0 Å². The molecule has 1 N–H and O–H groups in total. The molecule has 20 heavy (non-hydrogen) atoms. The first-order valence-electron chi connectivity index (χ1n) is 6.39. The predicted octanol–water partition coefficient (Wildman–Crippen LogP) is 1.27. The Morgan fingerprint density at radius 2 is 2.10 bits per heavy atom. The van der Waals surface area contributed by atoms with Crippen LogP contribution in [0.2, 0.25) is 0 Å². The molecule has 2 amide bonds. The molecule has 0 spiro atoms. The molecule has 0 aliphatic carbocycles. The average molecular weight is 278 g/mol. The van der Waals surface area contributed by atoms with Crippen molar-refractivity contribution in [1.82, 2.24) is 5.32 Å². The maximum absolute atomic E-state index is 13.8. The number of carbonyl (C=O) groups is 3. The van der Waals surface area contributed by atoms with Crippen molar-refractivity contribution >= 4 is 23.3 Å². The Bertz CT molecular complexity index is 586. The molecule has 1 atom stereocenters. The Hall–Kier alpha value is -2.24. The van der Waals surface area contributed by atoms with Gasteiger partial charge in [0.15, 0.2) is 0 Å². The molecule has 6 heteroatoms. The largest absolute Gasteiger partial charge is 0.352 e. The summed E-state index contributed by atoms with van der Waals surface area (Å²) < 4.78 is 13.8. The number of fused-ring (bicyclic) bond motifs is 1. The second-order valence-electron chi connectivity index (χ2n) is 4.73. The molecule has 0 aromatic heterocycles. The molecule has 1 heterocycles. The molecule has 1 unspecified atom stereocenters. The van der Waals surface area contributed by atoms with Crippen molar-refractivity contribution in [1.29, 1.82) is 0 Å².